The molecule has 0 aliphatic heterocycles. The molecule has 63 heavy (non-hydrogen) atoms. The van der Waals surface area contributed by atoms with E-state index < -0.39 is 0 Å². The highest BCUT2D eigenvalue weighted by Crippen LogP contribution is 2.37. The van der Waals surface area contributed by atoms with Crippen molar-refractivity contribution in [2.45, 2.75) is 0 Å². The summed E-state index contributed by atoms with van der Waals surface area (Å²) in [5.41, 5.74) is 12.1. The van der Waals surface area contributed by atoms with E-state index in [0.29, 0.717) is 23.4 Å². The lowest BCUT2D eigenvalue weighted by atomic mass is 9.93. The van der Waals surface area contributed by atoms with Gasteiger partial charge in [-0.05, 0) is 109 Å². The largest absolute Gasteiger partial charge is 0.436 e. The Balaban J connectivity index is 0.992. The Kier molecular flexibility index (Phi) is 8.75. The van der Waals surface area contributed by atoms with Gasteiger partial charge in [0.05, 0.1) is 0 Å². The Morgan fingerprint density at radius 3 is 1.52 bits per heavy atom. The third kappa shape index (κ3) is 6.78. The molecule has 2 aromatic heterocycles. The van der Waals surface area contributed by atoms with Crippen LogP contribution in [0.3, 0.4) is 0 Å². The summed E-state index contributed by atoms with van der Waals surface area (Å²) in [5, 5.41) is 6.72. The molecule has 0 amide bonds. The number of rotatable bonds is 7. The van der Waals surface area contributed by atoms with E-state index in [4.69, 9.17) is 24.4 Å². The van der Waals surface area contributed by atoms with Gasteiger partial charge in [0.25, 0.3) is 0 Å². The van der Waals surface area contributed by atoms with Gasteiger partial charge in [-0.15, -0.1) is 0 Å². The number of oxazole rings is 1. The molecule has 5 heteroatoms. The molecule has 12 rings (SSSR count). The third-order valence-electron chi connectivity index (χ3n) is 11.9. The average Bonchev–Trinajstić information content (AvgIpc) is 3.82. The summed E-state index contributed by atoms with van der Waals surface area (Å²) in [6, 6.07) is 76.2. The van der Waals surface area contributed by atoms with Gasteiger partial charge in [0.1, 0.15) is 5.52 Å². The normalized spacial score (nSPS) is 11.5. The predicted molar refractivity (Wildman–Crippen MR) is 258 cm³/mol. The van der Waals surface area contributed by atoms with E-state index in [-0.39, 0.29) is 0 Å². The Morgan fingerprint density at radius 2 is 0.778 bits per heavy atom. The molecule has 2 heterocycles. The summed E-state index contributed by atoms with van der Waals surface area (Å²) in [6.45, 7) is 0. The van der Waals surface area contributed by atoms with Crippen LogP contribution >= 0.6 is 0 Å². The van der Waals surface area contributed by atoms with Crippen LogP contribution in [0.15, 0.2) is 223 Å². The van der Waals surface area contributed by atoms with Crippen molar-refractivity contribution < 1.29 is 4.42 Å². The van der Waals surface area contributed by atoms with Gasteiger partial charge in [-0.25, -0.2) is 19.9 Å². The maximum absolute atomic E-state index is 6.29. The van der Waals surface area contributed by atoms with Crippen molar-refractivity contribution in [2.75, 3.05) is 0 Å². The molecule has 0 radical (unpaired) electrons. The first-order chi connectivity index (χ1) is 31.2. The highest BCUT2D eigenvalue weighted by molar-refractivity contribution is 6.04. The molecule has 10 aromatic carbocycles. The van der Waals surface area contributed by atoms with Gasteiger partial charge in [0, 0.05) is 27.6 Å². The molecule has 0 spiro atoms. The standard InChI is InChI=1S/C58H36N4O/c1-3-12-37(13-4-1)42-18-11-19-47(33-42)52-36-49(35-46-17-8-9-20-50(46)52)57-61-55(40-22-24-41(25-23-40)58-59-54-51-21-10-7-16-39(51)30-31-53(54)63-58)60-56(62-57)48-29-28-44-32-43(26-27-45(44)34-48)38-14-5-2-6-15-38/h1-36H. The van der Waals surface area contributed by atoms with Crippen molar-refractivity contribution in [3.05, 3.63) is 218 Å². The maximum Gasteiger partial charge on any atom is 0.227 e. The Labute approximate surface area is 363 Å². The van der Waals surface area contributed by atoms with Crippen LogP contribution in [-0.2, 0) is 0 Å². The molecule has 0 unspecified atom stereocenters. The minimum absolute atomic E-state index is 0.566. The molecule has 0 aliphatic carbocycles. The smallest absolute Gasteiger partial charge is 0.227 e. The second-order valence-electron chi connectivity index (χ2n) is 15.9. The summed E-state index contributed by atoms with van der Waals surface area (Å²) < 4.78 is 6.29. The summed E-state index contributed by atoms with van der Waals surface area (Å²) in [5.74, 6) is 2.33. The predicted octanol–water partition coefficient (Wildman–Crippen LogP) is 15.1. The number of hydrogen-bond donors (Lipinski definition) is 0. The van der Waals surface area contributed by atoms with Gasteiger partial charge in [0.15, 0.2) is 23.1 Å². The van der Waals surface area contributed by atoms with E-state index in [1.165, 1.54) is 16.7 Å². The summed E-state index contributed by atoms with van der Waals surface area (Å²) in [7, 11) is 0. The number of nitrogens with zero attached hydrogens (tertiary/aromatic N) is 4. The molecular weight excluding hydrogens is 769 g/mol. The SMILES string of the molecule is c1ccc(-c2cccc(-c3cc(-c4nc(-c5ccc(-c6nc7c(ccc8ccccc87)o6)cc5)nc(-c5ccc6cc(-c7ccccc7)ccc6c5)n4)cc4ccccc34)c2)cc1. The fraction of sp³-hybridized carbons (Fsp3) is 0. The Bertz CT molecular complexity index is 3670. The zero-order valence-corrected chi connectivity index (χ0v) is 34.0. The third-order valence-corrected chi connectivity index (χ3v) is 11.9. The van der Waals surface area contributed by atoms with Gasteiger partial charge >= 0.3 is 0 Å². The molecule has 0 saturated heterocycles. The molecule has 0 N–H and O–H groups in total. The molecule has 0 fully saturated rings. The van der Waals surface area contributed by atoms with Gasteiger partial charge in [-0.3, -0.25) is 0 Å². The van der Waals surface area contributed by atoms with Crippen molar-refractivity contribution >= 4 is 43.4 Å². The Hall–Kier alpha value is -8.54. The fourth-order valence-electron chi connectivity index (χ4n) is 8.68. The van der Waals surface area contributed by atoms with Crippen LogP contribution < -0.4 is 0 Å². The lowest BCUT2D eigenvalue weighted by molar-refractivity contribution is 0.620. The number of fused-ring (bicyclic) bond motifs is 5. The zero-order valence-electron chi connectivity index (χ0n) is 34.0. The molecule has 0 saturated carbocycles. The molecule has 0 bridgehead atoms. The monoisotopic (exact) mass is 804 g/mol. The van der Waals surface area contributed by atoms with E-state index >= 15 is 0 Å². The quantitative estimate of drug-likeness (QED) is 0.161. The van der Waals surface area contributed by atoms with E-state index in [0.717, 1.165) is 82.4 Å². The first-order valence-electron chi connectivity index (χ1n) is 21.1. The Morgan fingerprint density at radius 1 is 0.270 bits per heavy atom. The zero-order chi connectivity index (χ0) is 41.7. The number of benzene rings is 10. The second-order valence-corrected chi connectivity index (χ2v) is 15.9. The second kappa shape index (κ2) is 15.2. The topological polar surface area (TPSA) is 64.7 Å². The first-order valence-corrected chi connectivity index (χ1v) is 21.1. The lowest BCUT2D eigenvalue weighted by Crippen LogP contribution is -2.00. The van der Waals surface area contributed by atoms with E-state index in [1.807, 2.05) is 48.5 Å². The van der Waals surface area contributed by atoms with Crippen LogP contribution in [0.25, 0.3) is 122 Å². The highest BCUT2D eigenvalue weighted by atomic mass is 16.3. The van der Waals surface area contributed by atoms with Crippen LogP contribution in [0.2, 0.25) is 0 Å². The summed E-state index contributed by atoms with van der Waals surface area (Å²) in [4.78, 5) is 20.6. The van der Waals surface area contributed by atoms with Gasteiger partial charge in [-0.1, -0.05) is 170 Å². The molecule has 0 atom stereocenters. The lowest BCUT2D eigenvalue weighted by Gasteiger charge is -2.13. The van der Waals surface area contributed by atoms with Gasteiger partial charge in [-0.2, -0.15) is 0 Å². The molecule has 5 nitrogen and oxygen atoms in total. The van der Waals surface area contributed by atoms with Crippen LogP contribution in [0, 0.1) is 0 Å². The van der Waals surface area contributed by atoms with Crippen LogP contribution in [0.4, 0.5) is 0 Å². The van der Waals surface area contributed by atoms with Gasteiger partial charge < -0.3 is 4.42 Å². The van der Waals surface area contributed by atoms with Crippen molar-refractivity contribution in [3.8, 4) is 79.0 Å². The summed E-state index contributed by atoms with van der Waals surface area (Å²) in [6.07, 6.45) is 0. The average molecular weight is 805 g/mol. The van der Waals surface area contributed by atoms with E-state index in [9.17, 15) is 0 Å². The molecule has 12 aromatic rings. The van der Waals surface area contributed by atoms with Crippen molar-refractivity contribution in [1.82, 2.24) is 19.9 Å². The van der Waals surface area contributed by atoms with Crippen molar-refractivity contribution in [2.24, 2.45) is 0 Å². The van der Waals surface area contributed by atoms with E-state index in [2.05, 4.69) is 170 Å². The van der Waals surface area contributed by atoms with Crippen LogP contribution in [-0.4, -0.2) is 19.9 Å². The molecule has 294 valence electrons. The highest BCUT2D eigenvalue weighted by Gasteiger charge is 2.17. The summed E-state index contributed by atoms with van der Waals surface area (Å²) >= 11 is 0. The number of hydrogen-bond acceptors (Lipinski definition) is 5. The molecular formula is C58H36N4O. The van der Waals surface area contributed by atoms with Crippen LogP contribution in [0.5, 0.6) is 0 Å². The number of aromatic nitrogens is 4. The minimum atomic E-state index is 0.566. The first kappa shape index (κ1) is 36.3. The van der Waals surface area contributed by atoms with E-state index in [1.54, 1.807) is 0 Å². The molecule has 0 aliphatic rings. The van der Waals surface area contributed by atoms with Crippen molar-refractivity contribution in [1.29, 1.82) is 0 Å². The van der Waals surface area contributed by atoms with Crippen molar-refractivity contribution in [3.63, 3.8) is 0 Å². The van der Waals surface area contributed by atoms with Crippen LogP contribution in [0.1, 0.15) is 0 Å². The van der Waals surface area contributed by atoms with Gasteiger partial charge in [0.2, 0.25) is 5.89 Å². The fourth-order valence-corrected chi connectivity index (χ4v) is 8.68. The maximum atomic E-state index is 6.29. The minimum Gasteiger partial charge on any atom is -0.436 e.